The Labute approximate surface area is 157 Å². The normalized spacial score (nSPS) is 13.5. The van der Waals surface area contributed by atoms with E-state index in [0.717, 1.165) is 17.5 Å². The molecule has 3 aromatic rings. The Morgan fingerprint density at radius 3 is 2.58 bits per heavy atom. The van der Waals surface area contributed by atoms with Gasteiger partial charge in [-0.3, -0.25) is 0 Å². The summed E-state index contributed by atoms with van der Waals surface area (Å²) >= 11 is 0.0193. The summed E-state index contributed by atoms with van der Waals surface area (Å²) in [7, 11) is 0. The van der Waals surface area contributed by atoms with Gasteiger partial charge in [0.2, 0.25) is 0 Å². The van der Waals surface area contributed by atoms with Gasteiger partial charge in [0.15, 0.2) is 0 Å². The van der Waals surface area contributed by atoms with Gasteiger partial charge in [-0.25, -0.2) is 0 Å². The number of hydrogen-bond acceptors (Lipinski definition) is 3. The molecule has 2 aromatic carbocycles. The Hall–Kier alpha value is -2.08. The van der Waals surface area contributed by atoms with Crippen molar-refractivity contribution in [3.63, 3.8) is 0 Å². The summed E-state index contributed by atoms with van der Waals surface area (Å²) in [5.74, 6) is -1.42. The molecule has 1 N–H and O–H groups in total. The third-order valence-corrected chi connectivity index (χ3v) is 6.61. The van der Waals surface area contributed by atoms with Crippen LogP contribution in [0.3, 0.4) is 0 Å². The van der Waals surface area contributed by atoms with Gasteiger partial charge in [-0.15, -0.1) is 0 Å². The van der Waals surface area contributed by atoms with Crippen LogP contribution in [0, 0.1) is 18.6 Å². The minimum absolute atomic E-state index is 0.0193. The van der Waals surface area contributed by atoms with Crippen LogP contribution in [0.4, 0.5) is 8.78 Å². The summed E-state index contributed by atoms with van der Waals surface area (Å²) < 4.78 is 29.1. The van der Waals surface area contributed by atoms with Crippen molar-refractivity contribution >= 4 is 15.0 Å². The van der Waals surface area contributed by atoms with E-state index in [1.54, 1.807) is 0 Å². The summed E-state index contributed by atoms with van der Waals surface area (Å²) in [4.78, 5) is 3.86. The molecule has 0 radical (unpaired) electrons. The number of halogens is 2. The van der Waals surface area contributed by atoms with Crippen molar-refractivity contribution < 1.29 is 13.9 Å². The zero-order valence-corrected chi connectivity index (χ0v) is 16.0. The van der Waals surface area contributed by atoms with E-state index in [4.69, 9.17) is 0 Å². The number of nitrogens with zero attached hydrogens (tertiary/aromatic N) is 3. The average Bonchev–Trinajstić information content (AvgIpc) is 3.09. The van der Waals surface area contributed by atoms with Gasteiger partial charge in [-0.2, -0.15) is 0 Å². The van der Waals surface area contributed by atoms with Crippen LogP contribution < -0.4 is 0 Å². The topological polar surface area (TPSA) is 50.9 Å². The van der Waals surface area contributed by atoms with E-state index in [1.807, 2.05) is 19.1 Å². The molecular formula is C19H19F2N3OSe. The van der Waals surface area contributed by atoms with Crippen LogP contribution >= 0.6 is 0 Å². The summed E-state index contributed by atoms with van der Waals surface area (Å²) in [5.41, 5.74) is 0.978. The standard InChI is InChI=1S/C19H19F2N3OSe/c1-14-2-4-15(5-3-14)9-26-11-19(25,10-24-13-22-12-23-24)17-7-6-16(20)8-18(17)21/h2-8,12-13,25H,9-11H2,1H3. The molecule has 7 heteroatoms. The maximum absolute atomic E-state index is 14.3. The van der Waals surface area contributed by atoms with Crippen LogP contribution in [-0.2, 0) is 17.5 Å². The number of benzene rings is 2. The molecule has 0 aliphatic heterocycles. The van der Waals surface area contributed by atoms with Gasteiger partial charge < -0.3 is 0 Å². The fraction of sp³-hybridized carbons (Fsp3) is 0.263. The quantitative estimate of drug-likeness (QED) is 0.596. The van der Waals surface area contributed by atoms with Crippen LogP contribution in [-0.4, -0.2) is 34.8 Å². The Balaban J connectivity index is 1.79. The molecule has 3 rings (SSSR count). The van der Waals surface area contributed by atoms with Crippen LogP contribution in [0.25, 0.3) is 0 Å². The first-order valence-electron chi connectivity index (χ1n) is 8.10. The molecular weight excluding hydrogens is 403 g/mol. The van der Waals surface area contributed by atoms with Crippen LogP contribution in [0.5, 0.6) is 0 Å². The van der Waals surface area contributed by atoms with Gasteiger partial charge in [0.25, 0.3) is 0 Å². The number of rotatable bonds is 7. The van der Waals surface area contributed by atoms with Crippen molar-refractivity contribution in [3.8, 4) is 0 Å². The molecule has 1 aromatic heterocycles. The van der Waals surface area contributed by atoms with Crippen LogP contribution in [0.1, 0.15) is 16.7 Å². The molecule has 1 atom stereocenters. The molecule has 1 unspecified atom stereocenters. The van der Waals surface area contributed by atoms with Crippen LogP contribution in [0.15, 0.2) is 55.1 Å². The summed E-state index contributed by atoms with van der Waals surface area (Å²) in [6.07, 6.45) is 2.83. The van der Waals surface area contributed by atoms with E-state index >= 15 is 0 Å². The third kappa shape index (κ3) is 4.55. The van der Waals surface area contributed by atoms with E-state index < -0.39 is 17.2 Å². The number of aryl methyl sites for hydroxylation is 1. The Bertz CT molecular complexity index is 856. The first-order chi connectivity index (χ1) is 12.5. The molecule has 136 valence electrons. The van der Waals surface area contributed by atoms with E-state index in [1.165, 1.54) is 34.5 Å². The van der Waals surface area contributed by atoms with Crippen molar-refractivity contribution in [2.45, 2.75) is 29.7 Å². The van der Waals surface area contributed by atoms with Gasteiger partial charge in [0, 0.05) is 0 Å². The van der Waals surface area contributed by atoms with Crippen molar-refractivity contribution in [1.82, 2.24) is 14.8 Å². The Morgan fingerprint density at radius 2 is 1.92 bits per heavy atom. The van der Waals surface area contributed by atoms with Gasteiger partial charge in [-0.05, 0) is 0 Å². The molecule has 1 heterocycles. The van der Waals surface area contributed by atoms with Crippen molar-refractivity contribution in [2.24, 2.45) is 0 Å². The van der Waals surface area contributed by atoms with E-state index in [0.29, 0.717) is 5.32 Å². The molecule has 0 aliphatic carbocycles. The first kappa shape index (κ1) is 18.7. The summed E-state index contributed by atoms with van der Waals surface area (Å²) in [6, 6.07) is 11.5. The predicted molar refractivity (Wildman–Crippen MR) is 95.7 cm³/mol. The van der Waals surface area contributed by atoms with Gasteiger partial charge in [0.1, 0.15) is 0 Å². The van der Waals surface area contributed by atoms with Crippen LogP contribution in [0.2, 0.25) is 5.32 Å². The molecule has 0 amide bonds. The third-order valence-electron chi connectivity index (χ3n) is 4.05. The van der Waals surface area contributed by atoms with Crippen molar-refractivity contribution in [1.29, 1.82) is 0 Å². The first-order valence-corrected chi connectivity index (χ1v) is 10.5. The molecule has 0 bridgehead atoms. The second-order valence-electron chi connectivity index (χ2n) is 6.23. The van der Waals surface area contributed by atoms with Gasteiger partial charge >= 0.3 is 157 Å². The monoisotopic (exact) mass is 423 g/mol. The zero-order chi connectivity index (χ0) is 18.6. The van der Waals surface area contributed by atoms with Crippen molar-refractivity contribution in [2.75, 3.05) is 0 Å². The molecule has 0 aliphatic rings. The summed E-state index contributed by atoms with van der Waals surface area (Å²) in [6.45, 7) is 2.09. The number of aromatic nitrogens is 3. The Kier molecular flexibility index (Phi) is 5.81. The maximum atomic E-state index is 14.3. The Morgan fingerprint density at radius 1 is 1.15 bits per heavy atom. The fourth-order valence-electron chi connectivity index (χ4n) is 2.68. The van der Waals surface area contributed by atoms with E-state index in [2.05, 4.69) is 22.2 Å². The second kappa shape index (κ2) is 8.08. The van der Waals surface area contributed by atoms with Gasteiger partial charge in [0.05, 0.1) is 0 Å². The zero-order valence-electron chi connectivity index (χ0n) is 14.3. The molecule has 0 saturated heterocycles. The fourth-order valence-corrected chi connectivity index (χ4v) is 5.02. The molecule has 0 saturated carbocycles. The minimum atomic E-state index is -1.48. The van der Waals surface area contributed by atoms with Gasteiger partial charge in [-0.1, -0.05) is 0 Å². The summed E-state index contributed by atoms with van der Waals surface area (Å²) in [5, 5.41) is 16.4. The van der Waals surface area contributed by atoms with E-state index in [9.17, 15) is 13.9 Å². The molecule has 26 heavy (non-hydrogen) atoms. The predicted octanol–water partition coefficient (Wildman–Crippen LogP) is 3.08. The SMILES string of the molecule is Cc1ccc(C[Se]CC(O)(Cn2cncn2)c2ccc(F)cc2F)cc1. The average molecular weight is 422 g/mol. The molecule has 0 fully saturated rings. The molecule has 4 nitrogen and oxygen atoms in total. The number of aliphatic hydroxyl groups is 1. The second-order valence-corrected chi connectivity index (χ2v) is 8.30. The van der Waals surface area contributed by atoms with Crippen molar-refractivity contribution in [3.05, 3.63) is 83.4 Å². The molecule has 0 spiro atoms. The van der Waals surface area contributed by atoms with E-state index in [-0.39, 0.29) is 27.1 Å². The number of hydrogen-bond donors (Lipinski definition) is 1.